The largest absolute Gasteiger partial charge is 0.465 e. The summed E-state index contributed by atoms with van der Waals surface area (Å²) in [5, 5.41) is 6.37. The van der Waals surface area contributed by atoms with E-state index >= 15 is 0 Å². The van der Waals surface area contributed by atoms with Gasteiger partial charge in [0.25, 0.3) is 0 Å². The number of rotatable bonds is 6. The van der Waals surface area contributed by atoms with Crippen LogP contribution in [0.5, 0.6) is 0 Å². The van der Waals surface area contributed by atoms with E-state index in [1.54, 1.807) is 0 Å². The van der Waals surface area contributed by atoms with Gasteiger partial charge in [0.15, 0.2) is 14.9 Å². The maximum atomic E-state index is 12.0. The van der Waals surface area contributed by atoms with Crippen molar-refractivity contribution in [2.45, 2.75) is 43.8 Å². The molecule has 0 heterocycles. The molecule has 0 radical (unpaired) electrons. The highest BCUT2D eigenvalue weighted by atomic mass is 32.2. The first-order valence-electron chi connectivity index (χ1n) is 9.64. The number of nitrogens with one attached hydrogen (secondary N) is 2. The number of ether oxygens (including phenoxy) is 1. The van der Waals surface area contributed by atoms with Crippen molar-refractivity contribution in [2.24, 2.45) is 5.73 Å². The number of hydrogen-bond acceptors (Lipinski definition) is 6. The van der Waals surface area contributed by atoms with Gasteiger partial charge >= 0.3 is 5.97 Å². The predicted octanol–water partition coefficient (Wildman–Crippen LogP) is 2.80. The maximum Gasteiger partial charge on any atom is 0.339 e. The zero-order chi connectivity index (χ0) is 23.4. The minimum absolute atomic E-state index is 0.0717. The molecule has 1 atom stereocenters. The van der Waals surface area contributed by atoms with Crippen LogP contribution in [0.15, 0.2) is 47.4 Å². The van der Waals surface area contributed by atoms with Gasteiger partial charge in [0, 0.05) is 12.8 Å². The van der Waals surface area contributed by atoms with Crippen molar-refractivity contribution in [3.05, 3.63) is 64.7 Å². The maximum absolute atomic E-state index is 12.0. The standard InChI is InChI=1S/C22H29N3O4S2/c1-22(2,3)16-9-6-14(7-10-16)13-24-21(30)25-19(23)15-8-11-18(31(5,27)28)17(12-15)20(26)29-4/h6-12,19H,13,23H2,1-5H3,(H2,24,25,30). The van der Waals surface area contributed by atoms with Crippen LogP contribution < -0.4 is 16.4 Å². The van der Waals surface area contributed by atoms with Crippen molar-refractivity contribution in [2.75, 3.05) is 13.4 Å². The molecule has 0 spiro atoms. The lowest BCUT2D eigenvalue weighted by atomic mass is 9.87. The Morgan fingerprint density at radius 2 is 1.77 bits per heavy atom. The van der Waals surface area contributed by atoms with Crippen LogP contribution in [0.4, 0.5) is 0 Å². The molecule has 2 aromatic rings. The summed E-state index contributed by atoms with van der Waals surface area (Å²) in [5.41, 5.74) is 8.99. The number of nitrogens with two attached hydrogens (primary N) is 1. The number of methoxy groups -OCH3 is 1. The molecule has 0 saturated carbocycles. The van der Waals surface area contributed by atoms with Crippen molar-refractivity contribution in [3.63, 3.8) is 0 Å². The second kappa shape index (κ2) is 9.76. The number of thiocarbonyl (C=S) groups is 1. The molecule has 0 aliphatic rings. The summed E-state index contributed by atoms with van der Waals surface area (Å²) in [6, 6.07) is 12.5. The van der Waals surface area contributed by atoms with Crippen LogP contribution in [0, 0.1) is 0 Å². The molecule has 31 heavy (non-hydrogen) atoms. The van der Waals surface area contributed by atoms with Gasteiger partial charge in [-0.05, 0) is 46.5 Å². The van der Waals surface area contributed by atoms with E-state index in [1.165, 1.54) is 30.9 Å². The molecule has 0 amide bonds. The second-order valence-corrected chi connectivity index (χ2v) is 10.7. The summed E-state index contributed by atoms with van der Waals surface area (Å²) in [6.45, 7) is 7.00. The van der Waals surface area contributed by atoms with Crippen LogP contribution in [0.2, 0.25) is 0 Å². The molecule has 9 heteroatoms. The first kappa shape index (κ1) is 24.8. The van der Waals surface area contributed by atoms with Crippen molar-refractivity contribution in [1.82, 2.24) is 10.6 Å². The Morgan fingerprint density at radius 1 is 1.16 bits per heavy atom. The van der Waals surface area contributed by atoms with Gasteiger partial charge < -0.3 is 21.1 Å². The molecular weight excluding hydrogens is 434 g/mol. The Balaban J connectivity index is 2.06. The van der Waals surface area contributed by atoms with E-state index in [4.69, 9.17) is 22.7 Å². The lowest BCUT2D eigenvalue weighted by Crippen LogP contribution is -2.40. The third kappa shape index (κ3) is 6.75. The van der Waals surface area contributed by atoms with Gasteiger partial charge in [-0.3, -0.25) is 0 Å². The summed E-state index contributed by atoms with van der Waals surface area (Å²) in [5.74, 6) is -0.756. The molecule has 2 rings (SSSR count). The summed E-state index contributed by atoms with van der Waals surface area (Å²) < 4.78 is 28.6. The van der Waals surface area contributed by atoms with E-state index in [2.05, 4.69) is 43.5 Å². The molecular formula is C22H29N3O4S2. The lowest BCUT2D eigenvalue weighted by molar-refractivity contribution is 0.0596. The Morgan fingerprint density at radius 3 is 2.29 bits per heavy atom. The number of carbonyl (C=O) groups excluding carboxylic acids is 1. The van der Waals surface area contributed by atoms with Crippen LogP contribution in [0.3, 0.4) is 0 Å². The van der Waals surface area contributed by atoms with Crippen molar-refractivity contribution >= 4 is 33.1 Å². The Kier molecular flexibility index (Phi) is 7.80. The molecule has 0 aliphatic carbocycles. The molecule has 0 aliphatic heterocycles. The molecule has 0 aromatic heterocycles. The second-order valence-electron chi connectivity index (χ2n) is 8.27. The smallest absolute Gasteiger partial charge is 0.339 e. The van der Waals surface area contributed by atoms with Gasteiger partial charge in [-0.2, -0.15) is 0 Å². The van der Waals surface area contributed by atoms with E-state index in [0.717, 1.165) is 11.8 Å². The lowest BCUT2D eigenvalue weighted by Gasteiger charge is -2.20. The minimum atomic E-state index is -3.61. The van der Waals surface area contributed by atoms with E-state index in [-0.39, 0.29) is 15.9 Å². The zero-order valence-electron chi connectivity index (χ0n) is 18.4. The average molecular weight is 464 g/mol. The molecule has 4 N–H and O–H groups in total. The van der Waals surface area contributed by atoms with E-state index in [9.17, 15) is 13.2 Å². The third-order valence-corrected chi connectivity index (χ3v) is 6.14. The zero-order valence-corrected chi connectivity index (χ0v) is 20.0. The van der Waals surface area contributed by atoms with Gasteiger partial charge in [0.05, 0.1) is 17.6 Å². The average Bonchev–Trinajstić information content (AvgIpc) is 2.70. The number of benzene rings is 2. The van der Waals surface area contributed by atoms with Crippen LogP contribution in [0.25, 0.3) is 0 Å². The Bertz CT molecular complexity index is 1060. The SMILES string of the molecule is COC(=O)c1cc(C(N)NC(=S)NCc2ccc(C(C)(C)C)cc2)ccc1S(C)(=O)=O. The predicted molar refractivity (Wildman–Crippen MR) is 126 cm³/mol. The van der Waals surface area contributed by atoms with Crippen LogP contribution in [0.1, 0.15) is 54.0 Å². The van der Waals surface area contributed by atoms with Gasteiger partial charge in [-0.1, -0.05) is 51.1 Å². The topological polar surface area (TPSA) is 111 Å². The molecule has 0 fully saturated rings. The van der Waals surface area contributed by atoms with Crippen LogP contribution >= 0.6 is 12.2 Å². The molecule has 7 nitrogen and oxygen atoms in total. The molecule has 0 bridgehead atoms. The van der Waals surface area contributed by atoms with Crippen LogP contribution in [-0.2, 0) is 26.5 Å². The van der Waals surface area contributed by atoms with Crippen molar-refractivity contribution in [1.29, 1.82) is 0 Å². The number of carbonyl (C=O) groups is 1. The van der Waals surface area contributed by atoms with Gasteiger partial charge in [0.2, 0.25) is 0 Å². The number of esters is 1. The fourth-order valence-electron chi connectivity index (χ4n) is 2.91. The molecule has 2 aromatic carbocycles. The Hall–Kier alpha value is -2.49. The van der Waals surface area contributed by atoms with Gasteiger partial charge in [0.1, 0.15) is 6.17 Å². The number of hydrogen-bond donors (Lipinski definition) is 3. The van der Waals surface area contributed by atoms with Crippen LogP contribution in [-0.4, -0.2) is 32.9 Å². The summed E-state index contributed by atoms with van der Waals surface area (Å²) in [7, 11) is -2.42. The van der Waals surface area contributed by atoms with Crippen molar-refractivity contribution in [3.8, 4) is 0 Å². The third-order valence-electron chi connectivity index (χ3n) is 4.73. The van der Waals surface area contributed by atoms with Gasteiger partial charge in [-0.25, -0.2) is 13.2 Å². The van der Waals surface area contributed by atoms with E-state index < -0.39 is 22.0 Å². The monoisotopic (exact) mass is 463 g/mol. The van der Waals surface area contributed by atoms with Gasteiger partial charge in [-0.15, -0.1) is 0 Å². The summed E-state index contributed by atoms with van der Waals surface area (Å²) in [6.07, 6.45) is 0.278. The first-order chi connectivity index (χ1) is 14.3. The van der Waals surface area contributed by atoms with Crippen molar-refractivity contribution < 1.29 is 17.9 Å². The quantitative estimate of drug-likeness (QED) is 0.341. The molecule has 0 saturated heterocycles. The fraction of sp³-hybridized carbons (Fsp3) is 0.364. The summed E-state index contributed by atoms with van der Waals surface area (Å²) in [4.78, 5) is 11.9. The molecule has 1 unspecified atom stereocenters. The normalized spacial score (nSPS) is 12.7. The Labute approximate surface area is 189 Å². The fourth-order valence-corrected chi connectivity index (χ4v) is 3.97. The minimum Gasteiger partial charge on any atom is -0.465 e. The highest BCUT2D eigenvalue weighted by molar-refractivity contribution is 7.90. The summed E-state index contributed by atoms with van der Waals surface area (Å²) >= 11 is 5.32. The number of sulfone groups is 1. The van der Waals surface area contributed by atoms with E-state index in [1.807, 2.05) is 12.1 Å². The van der Waals surface area contributed by atoms with E-state index in [0.29, 0.717) is 17.2 Å². The highest BCUT2D eigenvalue weighted by Crippen LogP contribution is 2.22. The molecule has 168 valence electrons. The first-order valence-corrected chi connectivity index (χ1v) is 11.9. The highest BCUT2D eigenvalue weighted by Gasteiger charge is 2.21.